The molecule has 1 heterocycles. The van der Waals surface area contributed by atoms with Crippen molar-refractivity contribution in [2.45, 2.75) is 13.1 Å². The summed E-state index contributed by atoms with van der Waals surface area (Å²) in [5.41, 5.74) is 8.16. The highest BCUT2D eigenvalue weighted by Gasteiger charge is 2.26. The SMILES string of the molecule is Cc1ccccc1C1NNC(=S)N1N. The Hall–Kier alpha value is -1.17. The van der Waals surface area contributed by atoms with Crippen molar-refractivity contribution in [1.82, 2.24) is 15.9 Å². The zero-order valence-corrected chi connectivity index (χ0v) is 8.64. The molecule has 1 aliphatic rings. The third-order valence-corrected chi connectivity index (χ3v) is 2.62. The van der Waals surface area contributed by atoms with Crippen LogP contribution in [0.4, 0.5) is 0 Å². The Morgan fingerprint density at radius 1 is 1.43 bits per heavy atom. The second-order valence-corrected chi connectivity index (χ2v) is 3.63. The first-order valence-corrected chi connectivity index (χ1v) is 4.76. The molecule has 1 saturated heterocycles. The molecule has 0 radical (unpaired) electrons. The highest BCUT2D eigenvalue weighted by atomic mass is 32.1. The predicted molar refractivity (Wildman–Crippen MR) is 58.8 cm³/mol. The van der Waals surface area contributed by atoms with Crippen molar-refractivity contribution in [1.29, 1.82) is 0 Å². The van der Waals surface area contributed by atoms with Gasteiger partial charge in [0.15, 0.2) is 5.11 Å². The Balaban J connectivity index is 2.32. The Labute approximate surface area is 88.0 Å². The van der Waals surface area contributed by atoms with E-state index in [4.69, 9.17) is 18.1 Å². The molecular weight excluding hydrogens is 196 g/mol. The van der Waals surface area contributed by atoms with Crippen LogP contribution < -0.4 is 16.7 Å². The van der Waals surface area contributed by atoms with Crippen LogP contribution in [0.2, 0.25) is 0 Å². The average Bonchev–Trinajstić information content (AvgIpc) is 2.49. The van der Waals surface area contributed by atoms with Gasteiger partial charge in [0, 0.05) is 0 Å². The van der Waals surface area contributed by atoms with Gasteiger partial charge in [-0.15, -0.1) is 0 Å². The number of nitrogens with one attached hydrogen (secondary N) is 2. The molecule has 1 aromatic carbocycles. The lowest BCUT2D eigenvalue weighted by atomic mass is 10.1. The standard InChI is InChI=1S/C9H12N4S/c1-6-4-2-3-5-7(6)8-11-12-9(14)13(8)10/h2-5,8,11H,10H2,1H3,(H,12,14). The monoisotopic (exact) mass is 208 g/mol. The van der Waals surface area contributed by atoms with Crippen LogP contribution in [0.1, 0.15) is 17.3 Å². The molecule has 1 unspecified atom stereocenters. The maximum absolute atomic E-state index is 5.79. The summed E-state index contributed by atoms with van der Waals surface area (Å²) in [6, 6.07) is 8.06. The van der Waals surface area contributed by atoms with Crippen molar-refractivity contribution < 1.29 is 0 Å². The number of nitrogens with two attached hydrogens (primary N) is 1. The lowest BCUT2D eigenvalue weighted by Crippen LogP contribution is -2.36. The summed E-state index contributed by atoms with van der Waals surface area (Å²) in [6.07, 6.45) is -0.0799. The summed E-state index contributed by atoms with van der Waals surface area (Å²) < 4.78 is 0. The van der Waals surface area contributed by atoms with Crippen LogP contribution in [-0.2, 0) is 0 Å². The second-order valence-electron chi connectivity index (χ2n) is 3.24. The van der Waals surface area contributed by atoms with Gasteiger partial charge < -0.3 is 0 Å². The number of hydrogen-bond acceptors (Lipinski definition) is 3. The predicted octanol–water partition coefficient (Wildman–Crippen LogP) is 0.562. The third-order valence-electron chi connectivity index (χ3n) is 2.31. The molecule has 4 nitrogen and oxygen atoms in total. The first-order valence-electron chi connectivity index (χ1n) is 4.35. The molecule has 0 amide bonds. The number of benzene rings is 1. The van der Waals surface area contributed by atoms with Crippen molar-refractivity contribution >= 4 is 17.3 Å². The third kappa shape index (κ3) is 1.45. The summed E-state index contributed by atoms with van der Waals surface area (Å²) in [6.45, 7) is 2.05. The van der Waals surface area contributed by atoms with E-state index >= 15 is 0 Å². The number of nitrogens with zero attached hydrogens (tertiary/aromatic N) is 1. The van der Waals surface area contributed by atoms with Crippen molar-refractivity contribution in [2.75, 3.05) is 0 Å². The molecule has 1 aromatic rings. The van der Waals surface area contributed by atoms with Crippen LogP contribution >= 0.6 is 12.2 Å². The van der Waals surface area contributed by atoms with Gasteiger partial charge >= 0.3 is 0 Å². The minimum absolute atomic E-state index is 0.0799. The molecule has 0 saturated carbocycles. The largest absolute Gasteiger partial charge is 0.295 e. The highest BCUT2D eigenvalue weighted by molar-refractivity contribution is 7.80. The summed E-state index contributed by atoms with van der Waals surface area (Å²) in [5, 5.41) is 2.02. The molecule has 0 bridgehead atoms. The lowest BCUT2D eigenvalue weighted by molar-refractivity contribution is 0.324. The second kappa shape index (κ2) is 3.53. The topological polar surface area (TPSA) is 53.3 Å². The lowest BCUT2D eigenvalue weighted by Gasteiger charge is -2.19. The molecule has 5 heteroatoms. The summed E-state index contributed by atoms with van der Waals surface area (Å²) in [4.78, 5) is 0. The summed E-state index contributed by atoms with van der Waals surface area (Å²) in [7, 11) is 0. The van der Waals surface area contributed by atoms with Gasteiger partial charge in [0.1, 0.15) is 6.17 Å². The van der Waals surface area contributed by atoms with Crippen LogP contribution in [0.25, 0.3) is 0 Å². The van der Waals surface area contributed by atoms with E-state index in [9.17, 15) is 0 Å². The fourth-order valence-electron chi connectivity index (χ4n) is 1.50. The van der Waals surface area contributed by atoms with Gasteiger partial charge in [0.05, 0.1) is 0 Å². The average molecular weight is 208 g/mol. The normalized spacial score (nSPS) is 21.1. The van der Waals surface area contributed by atoms with E-state index in [2.05, 4.69) is 10.9 Å². The molecule has 2 rings (SSSR count). The van der Waals surface area contributed by atoms with Crippen molar-refractivity contribution in [3.63, 3.8) is 0 Å². The first kappa shape index (κ1) is 9.39. The number of thiocarbonyl (C=S) groups is 1. The van der Waals surface area contributed by atoms with Crippen molar-refractivity contribution in [3.8, 4) is 0 Å². The molecule has 0 spiro atoms. The molecule has 1 atom stereocenters. The van der Waals surface area contributed by atoms with Gasteiger partial charge in [-0.2, -0.15) is 0 Å². The summed E-state index contributed by atoms with van der Waals surface area (Å²) in [5.74, 6) is 5.79. The number of hydrogen-bond donors (Lipinski definition) is 3. The Morgan fingerprint density at radius 2 is 2.14 bits per heavy atom. The molecule has 74 valence electrons. The molecule has 4 N–H and O–H groups in total. The molecule has 0 aliphatic carbocycles. The van der Waals surface area contributed by atoms with E-state index < -0.39 is 0 Å². The van der Waals surface area contributed by atoms with Gasteiger partial charge in [-0.25, -0.2) is 11.3 Å². The fraction of sp³-hybridized carbons (Fsp3) is 0.222. The minimum Gasteiger partial charge on any atom is -0.295 e. The van der Waals surface area contributed by atoms with Crippen LogP contribution in [0, 0.1) is 6.92 Å². The van der Waals surface area contributed by atoms with E-state index in [0.717, 1.165) is 5.56 Å². The highest BCUT2D eigenvalue weighted by Crippen LogP contribution is 2.20. The van der Waals surface area contributed by atoms with Crippen molar-refractivity contribution in [2.24, 2.45) is 5.84 Å². The van der Waals surface area contributed by atoms with Gasteiger partial charge in [-0.05, 0) is 30.3 Å². The molecule has 0 aromatic heterocycles. The van der Waals surface area contributed by atoms with E-state index in [1.165, 1.54) is 10.6 Å². The quantitative estimate of drug-likeness (QED) is 0.465. The smallest absolute Gasteiger partial charge is 0.199 e. The fourth-order valence-corrected chi connectivity index (χ4v) is 1.67. The van der Waals surface area contributed by atoms with E-state index in [0.29, 0.717) is 5.11 Å². The number of aryl methyl sites for hydroxylation is 1. The van der Waals surface area contributed by atoms with Crippen molar-refractivity contribution in [3.05, 3.63) is 35.4 Å². The van der Waals surface area contributed by atoms with Crippen LogP contribution in [0.3, 0.4) is 0 Å². The zero-order valence-electron chi connectivity index (χ0n) is 7.82. The Bertz CT molecular complexity index is 366. The van der Waals surface area contributed by atoms with E-state index in [1.807, 2.05) is 31.2 Å². The minimum atomic E-state index is -0.0799. The Morgan fingerprint density at radius 3 is 2.71 bits per heavy atom. The van der Waals surface area contributed by atoms with Crippen LogP contribution in [-0.4, -0.2) is 10.1 Å². The van der Waals surface area contributed by atoms with Gasteiger partial charge in [-0.1, -0.05) is 24.3 Å². The Kier molecular flexibility index (Phi) is 2.37. The maximum Gasteiger partial charge on any atom is 0.199 e. The van der Waals surface area contributed by atoms with Gasteiger partial charge in [-0.3, -0.25) is 10.4 Å². The molecule has 1 aliphatic heterocycles. The molecular formula is C9H12N4S. The number of hydrazine groups is 2. The molecule has 14 heavy (non-hydrogen) atoms. The van der Waals surface area contributed by atoms with E-state index in [-0.39, 0.29) is 6.17 Å². The first-order chi connectivity index (χ1) is 6.70. The van der Waals surface area contributed by atoms with Crippen LogP contribution in [0.15, 0.2) is 24.3 Å². The maximum atomic E-state index is 5.79. The summed E-state index contributed by atoms with van der Waals surface area (Å²) >= 11 is 4.99. The van der Waals surface area contributed by atoms with Gasteiger partial charge in [0.25, 0.3) is 0 Å². The number of rotatable bonds is 1. The van der Waals surface area contributed by atoms with E-state index in [1.54, 1.807) is 0 Å². The van der Waals surface area contributed by atoms with Gasteiger partial charge in [0.2, 0.25) is 0 Å². The zero-order chi connectivity index (χ0) is 10.1. The van der Waals surface area contributed by atoms with Crippen LogP contribution in [0.5, 0.6) is 0 Å². The molecule has 1 fully saturated rings.